The first-order valence-corrected chi connectivity index (χ1v) is 7.45. The summed E-state index contributed by atoms with van der Waals surface area (Å²) in [5.41, 5.74) is 1.34. The van der Waals surface area contributed by atoms with Crippen molar-refractivity contribution in [3.05, 3.63) is 41.4 Å². The molecule has 1 aromatic carbocycles. The molecule has 0 aliphatic rings. The first-order chi connectivity index (χ1) is 10.1. The predicted molar refractivity (Wildman–Crippen MR) is 81.3 cm³/mol. The fourth-order valence-corrected chi connectivity index (χ4v) is 2.63. The molecule has 0 spiro atoms. The van der Waals surface area contributed by atoms with E-state index in [-0.39, 0.29) is 18.2 Å². The molecule has 1 aromatic heterocycles. The Bertz CT molecular complexity index is 625. The lowest BCUT2D eigenvalue weighted by molar-refractivity contribution is -0.137. The summed E-state index contributed by atoms with van der Waals surface area (Å²) in [6, 6.07) is 9.65. The van der Waals surface area contributed by atoms with Crippen LogP contribution in [0.5, 0.6) is 0 Å². The number of amides is 1. The maximum absolute atomic E-state index is 12.0. The number of carbonyl (C=O) groups excluding carboxylic acids is 1. The third kappa shape index (κ3) is 4.39. The normalized spacial score (nSPS) is 11.9. The van der Waals surface area contributed by atoms with E-state index in [2.05, 4.69) is 10.3 Å². The standard InChI is InChI=1S/C15H16N2O3S/c1-10(7-13(18)19)8-16-14(20)12-9-21-15(17-12)11-5-3-2-4-6-11/h2-6,9-10H,7-8H2,1H3,(H,16,20)(H,18,19). The molecule has 0 aliphatic carbocycles. The number of hydrogen-bond acceptors (Lipinski definition) is 4. The topological polar surface area (TPSA) is 79.3 Å². The van der Waals surface area contributed by atoms with E-state index in [1.54, 1.807) is 12.3 Å². The van der Waals surface area contributed by atoms with Gasteiger partial charge in [0.2, 0.25) is 0 Å². The fraction of sp³-hybridized carbons (Fsp3) is 0.267. The third-order valence-corrected chi connectivity index (χ3v) is 3.78. The van der Waals surface area contributed by atoms with Crippen LogP contribution < -0.4 is 5.32 Å². The van der Waals surface area contributed by atoms with Crippen molar-refractivity contribution in [3.8, 4) is 10.6 Å². The largest absolute Gasteiger partial charge is 0.481 e. The molecule has 0 saturated heterocycles. The molecule has 2 N–H and O–H groups in total. The van der Waals surface area contributed by atoms with Crippen molar-refractivity contribution in [2.24, 2.45) is 5.92 Å². The van der Waals surface area contributed by atoms with Gasteiger partial charge in [-0.1, -0.05) is 37.3 Å². The Hall–Kier alpha value is -2.21. The third-order valence-electron chi connectivity index (χ3n) is 2.89. The summed E-state index contributed by atoms with van der Waals surface area (Å²) >= 11 is 1.41. The zero-order valence-corrected chi connectivity index (χ0v) is 12.4. The van der Waals surface area contributed by atoms with Gasteiger partial charge in [-0.25, -0.2) is 4.98 Å². The molecule has 0 radical (unpaired) electrons. The van der Waals surface area contributed by atoms with Gasteiger partial charge < -0.3 is 10.4 Å². The highest BCUT2D eigenvalue weighted by Crippen LogP contribution is 2.23. The van der Waals surface area contributed by atoms with Gasteiger partial charge in [-0.15, -0.1) is 11.3 Å². The Labute approximate surface area is 126 Å². The fourth-order valence-electron chi connectivity index (χ4n) is 1.82. The lowest BCUT2D eigenvalue weighted by atomic mass is 10.1. The van der Waals surface area contributed by atoms with Crippen molar-refractivity contribution >= 4 is 23.2 Å². The van der Waals surface area contributed by atoms with Crippen LogP contribution in [0.3, 0.4) is 0 Å². The highest BCUT2D eigenvalue weighted by molar-refractivity contribution is 7.13. The number of aliphatic carboxylic acids is 1. The molecule has 0 saturated carbocycles. The summed E-state index contributed by atoms with van der Waals surface area (Å²) in [6.07, 6.45) is 0.0343. The van der Waals surface area contributed by atoms with Gasteiger partial charge in [-0.2, -0.15) is 0 Å². The maximum atomic E-state index is 12.0. The summed E-state index contributed by atoms with van der Waals surface area (Å²) in [6.45, 7) is 2.11. The van der Waals surface area contributed by atoms with Crippen molar-refractivity contribution in [2.75, 3.05) is 6.54 Å². The number of nitrogens with zero attached hydrogens (tertiary/aromatic N) is 1. The predicted octanol–water partition coefficient (Wildman–Crippen LogP) is 2.65. The Kier molecular flexibility index (Phi) is 5.05. The average molecular weight is 304 g/mol. The van der Waals surface area contributed by atoms with Crippen LogP contribution in [-0.2, 0) is 4.79 Å². The van der Waals surface area contributed by atoms with Crippen LogP contribution in [0.4, 0.5) is 0 Å². The number of thiazole rings is 1. The van der Waals surface area contributed by atoms with Gasteiger partial charge >= 0.3 is 5.97 Å². The molecule has 0 bridgehead atoms. The highest BCUT2D eigenvalue weighted by Gasteiger charge is 2.14. The second-order valence-corrected chi connectivity index (χ2v) is 5.68. The SMILES string of the molecule is CC(CNC(=O)c1csc(-c2ccccc2)n1)CC(=O)O. The van der Waals surface area contributed by atoms with Gasteiger partial charge in [-0.05, 0) is 5.92 Å². The van der Waals surface area contributed by atoms with E-state index in [0.717, 1.165) is 10.6 Å². The van der Waals surface area contributed by atoms with Crippen LogP contribution in [0, 0.1) is 5.92 Å². The van der Waals surface area contributed by atoms with Crippen LogP contribution >= 0.6 is 11.3 Å². The van der Waals surface area contributed by atoms with E-state index < -0.39 is 5.97 Å². The second kappa shape index (κ2) is 6.99. The molecule has 2 rings (SSSR count). The summed E-state index contributed by atoms with van der Waals surface area (Å²) < 4.78 is 0. The summed E-state index contributed by atoms with van der Waals surface area (Å²) in [4.78, 5) is 26.8. The van der Waals surface area contributed by atoms with Gasteiger partial charge in [0.05, 0.1) is 0 Å². The van der Waals surface area contributed by atoms with Crippen LogP contribution in [-0.4, -0.2) is 28.5 Å². The number of carbonyl (C=O) groups is 2. The van der Waals surface area contributed by atoms with Crippen molar-refractivity contribution in [2.45, 2.75) is 13.3 Å². The number of nitrogens with one attached hydrogen (secondary N) is 1. The van der Waals surface area contributed by atoms with Gasteiger partial charge in [0.15, 0.2) is 0 Å². The molecule has 1 unspecified atom stereocenters. The molecular formula is C15H16N2O3S. The number of carboxylic acids is 1. The van der Waals surface area contributed by atoms with E-state index >= 15 is 0 Å². The molecule has 1 amide bonds. The number of hydrogen-bond donors (Lipinski definition) is 2. The molecule has 2 aromatic rings. The first-order valence-electron chi connectivity index (χ1n) is 6.57. The lowest BCUT2D eigenvalue weighted by Gasteiger charge is -2.09. The maximum Gasteiger partial charge on any atom is 0.303 e. The second-order valence-electron chi connectivity index (χ2n) is 4.82. The Balaban J connectivity index is 1.95. The average Bonchev–Trinajstić information content (AvgIpc) is 2.95. The van der Waals surface area contributed by atoms with Gasteiger partial charge in [0.25, 0.3) is 5.91 Å². The Morgan fingerprint density at radius 2 is 2.05 bits per heavy atom. The Morgan fingerprint density at radius 3 is 2.71 bits per heavy atom. The minimum absolute atomic E-state index is 0.0343. The molecule has 1 atom stereocenters. The molecule has 1 heterocycles. The van der Waals surface area contributed by atoms with Gasteiger partial charge in [0.1, 0.15) is 10.7 Å². The van der Waals surface area contributed by atoms with E-state index in [0.29, 0.717) is 12.2 Å². The van der Waals surface area contributed by atoms with E-state index in [4.69, 9.17) is 5.11 Å². The first kappa shape index (κ1) is 15.2. The zero-order chi connectivity index (χ0) is 15.2. The highest BCUT2D eigenvalue weighted by atomic mass is 32.1. The monoisotopic (exact) mass is 304 g/mol. The van der Waals surface area contributed by atoms with Crippen molar-refractivity contribution in [1.29, 1.82) is 0 Å². The van der Waals surface area contributed by atoms with Crippen molar-refractivity contribution in [3.63, 3.8) is 0 Å². The molecule has 6 heteroatoms. The summed E-state index contributed by atoms with van der Waals surface area (Å²) in [7, 11) is 0. The van der Waals surface area contributed by atoms with Gasteiger partial charge in [-0.3, -0.25) is 9.59 Å². The minimum Gasteiger partial charge on any atom is -0.481 e. The van der Waals surface area contributed by atoms with Crippen molar-refractivity contribution in [1.82, 2.24) is 10.3 Å². The quantitative estimate of drug-likeness (QED) is 0.860. The number of rotatable bonds is 6. The number of benzene rings is 1. The molecule has 5 nitrogen and oxygen atoms in total. The summed E-state index contributed by atoms with van der Waals surface area (Å²) in [5, 5.41) is 13.9. The van der Waals surface area contributed by atoms with Crippen LogP contribution in [0.1, 0.15) is 23.8 Å². The van der Waals surface area contributed by atoms with E-state index in [1.807, 2.05) is 30.3 Å². The minimum atomic E-state index is -0.864. The van der Waals surface area contributed by atoms with E-state index in [9.17, 15) is 9.59 Å². The Morgan fingerprint density at radius 1 is 1.33 bits per heavy atom. The number of carboxylic acid groups (broad SMARTS) is 1. The van der Waals surface area contributed by atoms with Crippen LogP contribution in [0.25, 0.3) is 10.6 Å². The van der Waals surface area contributed by atoms with Crippen molar-refractivity contribution < 1.29 is 14.7 Å². The molecule has 110 valence electrons. The molecule has 0 fully saturated rings. The molecular weight excluding hydrogens is 288 g/mol. The van der Waals surface area contributed by atoms with Gasteiger partial charge in [0, 0.05) is 23.9 Å². The lowest BCUT2D eigenvalue weighted by Crippen LogP contribution is -2.29. The molecule has 21 heavy (non-hydrogen) atoms. The zero-order valence-electron chi connectivity index (χ0n) is 11.6. The van der Waals surface area contributed by atoms with Crippen LogP contribution in [0.15, 0.2) is 35.7 Å². The summed E-state index contributed by atoms with van der Waals surface area (Å²) in [5.74, 6) is -1.25. The molecule has 0 aliphatic heterocycles. The van der Waals surface area contributed by atoms with Crippen LogP contribution in [0.2, 0.25) is 0 Å². The number of aromatic nitrogens is 1. The smallest absolute Gasteiger partial charge is 0.303 e. The van der Waals surface area contributed by atoms with E-state index in [1.165, 1.54) is 11.3 Å².